The molecule has 0 saturated carbocycles. The van der Waals surface area contributed by atoms with Gasteiger partial charge >= 0.3 is 6.18 Å². The molecule has 1 heterocycles. The van der Waals surface area contributed by atoms with E-state index in [0.717, 1.165) is 11.6 Å². The van der Waals surface area contributed by atoms with E-state index in [1.54, 1.807) is 18.5 Å². The minimum Gasteiger partial charge on any atom is -0.304 e. The Labute approximate surface area is 122 Å². The number of rotatable bonds is 4. The standard InChI is InChI=1S/C16H17F3N2/c1-11(13-6-8-20-9-7-13)21-12(2)14-4-3-5-15(10-14)16(17,18)19/h3-12,21H,1-2H3/t11-,12?/m0/s1. The van der Waals surface area contributed by atoms with E-state index in [-0.39, 0.29) is 12.1 Å². The van der Waals surface area contributed by atoms with Crippen molar-refractivity contribution in [3.05, 3.63) is 65.5 Å². The van der Waals surface area contributed by atoms with Gasteiger partial charge in [-0.05, 0) is 49.2 Å². The molecule has 2 atom stereocenters. The van der Waals surface area contributed by atoms with Crippen LogP contribution in [0.25, 0.3) is 0 Å². The number of hydrogen-bond acceptors (Lipinski definition) is 2. The zero-order valence-corrected chi connectivity index (χ0v) is 11.9. The summed E-state index contributed by atoms with van der Waals surface area (Å²) in [4.78, 5) is 3.95. The van der Waals surface area contributed by atoms with Crippen LogP contribution in [0.1, 0.15) is 42.6 Å². The lowest BCUT2D eigenvalue weighted by Crippen LogP contribution is -2.22. The van der Waals surface area contributed by atoms with Crippen molar-refractivity contribution in [2.45, 2.75) is 32.1 Å². The topological polar surface area (TPSA) is 24.9 Å². The van der Waals surface area contributed by atoms with Crippen molar-refractivity contribution in [3.63, 3.8) is 0 Å². The van der Waals surface area contributed by atoms with Crippen molar-refractivity contribution < 1.29 is 13.2 Å². The second kappa shape index (κ2) is 6.26. The molecule has 0 radical (unpaired) electrons. The summed E-state index contributed by atoms with van der Waals surface area (Å²) in [6.07, 6.45) is -0.919. The molecule has 0 spiro atoms. The van der Waals surface area contributed by atoms with Crippen LogP contribution in [0.2, 0.25) is 0 Å². The van der Waals surface area contributed by atoms with Gasteiger partial charge in [-0.15, -0.1) is 0 Å². The Bertz CT molecular complexity index is 582. The monoisotopic (exact) mass is 294 g/mol. The minimum absolute atomic E-state index is 0.0255. The molecule has 1 unspecified atom stereocenters. The second-order valence-electron chi connectivity index (χ2n) is 5.01. The molecule has 112 valence electrons. The van der Waals surface area contributed by atoms with E-state index in [0.29, 0.717) is 5.56 Å². The summed E-state index contributed by atoms with van der Waals surface area (Å²) < 4.78 is 38.2. The number of alkyl halides is 3. The summed E-state index contributed by atoms with van der Waals surface area (Å²) in [5.41, 5.74) is 1.04. The van der Waals surface area contributed by atoms with Crippen LogP contribution < -0.4 is 5.32 Å². The van der Waals surface area contributed by atoms with Crippen LogP contribution in [0, 0.1) is 0 Å². The van der Waals surface area contributed by atoms with Crippen LogP contribution in [0.5, 0.6) is 0 Å². The maximum atomic E-state index is 12.7. The van der Waals surface area contributed by atoms with Crippen LogP contribution in [-0.2, 0) is 6.18 Å². The smallest absolute Gasteiger partial charge is 0.304 e. The van der Waals surface area contributed by atoms with Crippen LogP contribution in [0.4, 0.5) is 13.2 Å². The van der Waals surface area contributed by atoms with Crippen LogP contribution in [0.15, 0.2) is 48.8 Å². The molecule has 5 heteroatoms. The van der Waals surface area contributed by atoms with Crippen LogP contribution in [0.3, 0.4) is 0 Å². The Balaban J connectivity index is 2.12. The number of hydrogen-bond donors (Lipinski definition) is 1. The zero-order chi connectivity index (χ0) is 15.5. The predicted molar refractivity (Wildman–Crippen MR) is 75.6 cm³/mol. The summed E-state index contributed by atoms with van der Waals surface area (Å²) in [7, 11) is 0. The molecule has 1 aromatic carbocycles. The van der Waals surface area contributed by atoms with Crippen LogP contribution in [-0.4, -0.2) is 4.98 Å². The van der Waals surface area contributed by atoms with E-state index < -0.39 is 11.7 Å². The van der Waals surface area contributed by atoms with E-state index in [1.807, 2.05) is 26.0 Å². The first-order valence-corrected chi connectivity index (χ1v) is 6.71. The largest absolute Gasteiger partial charge is 0.416 e. The van der Waals surface area contributed by atoms with Crippen molar-refractivity contribution in [3.8, 4) is 0 Å². The third-order valence-corrected chi connectivity index (χ3v) is 3.42. The Morgan fingerprint density at radius 1 is 0.952 bits per heavy atom. The van der Waals surface area contributed by atoms with Crippen molar-refractivity contribution >= 4 is 0 Å². The highest BCUT2D eigenvalue weighted by atomic mass is 19.4. The van der Waals surface area contributed by atoms with E-state index in [1.165, 1.54) is 12.1 Å². The first-order chi connectivity index (χ1) is 9.88. The molecule has 1 N–H and O–H groups in total. The molecule has 0 aliphatic rings. The predicted octanol–water partition coefficient (Wildman–Crippen LogP) is 4.51. The molecule has 0 aliphatic carbocycles. The molecule has 0 aliphatic heterocycles. The molecule has 0 fully saturated rings. The Kier molecular flexibility index (Phi) is 4.63. The summed E-state index contributed by atoms with van der Waals surface area (Å²) >= 11 is 0. The van der Waals surface area contributed by atoms with Crippen molar-refractivity contribution in [1.29, 1.82) is 0 Å². The first kappa shape index (κ1) is 15.5. The number of halogens is 3. The van der Waals surface area contributed by atoms with Gasteiger partial charge in [0, 0.05) is 24.5 Å². The van der Waals surface area contributed by atoms with Crippen molar-refractivity contribution in [2.75, 3.05) is 0 Å². The number of nitrogens with one attached hydrogen (secondary N) is 1. The van der Waals surface area contributed by atoms with Gasteiger partial charge in [0.25, 0.3) is 0 Å². The van der Waals surface area contributed by atoms with Gasteiger partial charge in [-0.2, -0.15) is 13.2 Å². The zero-order valence-electron chi connectivity index (χ0n) is 11.9. The van der Waals surface area contributed by atoms with Crippen molar-refractivity contribution in [2.24, 2.45) is 0 Å². The third kappa shape index (κ3) is 4.04. The molecule has 1 aromatic heterocycles. The van der Waals surface area contributed by atoms with E-state index >= 15 is 0 Å². The molecule has 0 saturated heterocycles. The number of benzene rings is 1. The molecule has 0 amide bonds. The lowest BCUT2D eigenvalue weighted by Gasteiger charge is -2.21. The normalized spacial score (nSPS) is 14.7. The maximum absolute atomic E-state index is 12.7. The van der Waals surface area contributed by atoms with Gasteiger partial charge in [0.1, 0.15) is 0 Å². The highest BCUT2D eigenvalue weighted by Gasteiger charge is 2.30. The third-order valence-electron chi connectivity index (χ3n) is 3.42. The van der Waals surface area contributed by atoms with Gasteiger partial charge in [0.2, 0.25) is 0 Å². The van der Waals surface area contributed by atoms with E-state index in [4.69, 9.17) is 0 Å². The fraction of sp³-hybridized carbons (Fsp3) is 0.312. The summed E-state index contributed by atoms with van der Waals surface area (Å²) in [5, 5.41) is 3.30. The first-order valence-electron chi connectivity index (χ1n) is 6.71. The molecule has 2 nitrogen and oxygen atoms in total. The average molecular weight is 294 g/mol. The summed E-state index contributed by atoms with van der Waals surface area (Å²) in [6, 6.07) is 9.03. The highest BCUT2D eigenvalue weighted by molar-refractivity contribution is 5.28. The lowest BCUT2D eigenvalue weighted by molar-refractivity contribution is -0.137. The Morgan fingerprint density at radius 2 is 1.57 bits per heavy atom. The van der Waals surface area contributed by atoms with Gasteiger partial charge in [-0.1, -0.05) is 12.1 Å². The van der Waals surface area contributed by atoms with Gasteiger partial charge in [-0.3, -0.25) is 4.98 Å². The average Bonchev–Trinajstić information content (AvgIpc) is 2.47. The van der Waals surface area contributed by atoms with Crippen LogP contribution >= 0.6 is 0 Å². The second-order valence-corrected chi connectivity index (χ2v) is 5.01. The van der Waals surface area contributed by atoms with Gasteiger partial charge < -0.3 is 5.32 Å². The quantitative estimate of drug-likeness (QED) is 0.897. The number of nitrogens with zero attached hydrogens (tertiary/aromatic N) is 1. The minimum atomic E-state index is -4.31. The number of pyridine rings is 1. The van der Waals surface area contributed by atoms with E-state index in [9.17, 15) is 13.2 Å². The molecule has 0 bridgehead atoms. The summed E-state index contributed by atoms with van der Waals surface area (Å²) in [5.74, 6) is 0. The molecule has 21 heavy (non-hydrogen) atoms. The van der Waals surface area contributed by atoms with Gasteiger partial charge in [0.15, 0.2) is 0 Å². The Hall–Kier alpha value is -1.88. The molecular formula is C16H17F3N2. The van der Waals surface area contributed by atoms with Crippen molar-refractivity contribution in [1.82, 2.24) is 10.3 Å². The molecule has 2 rings (SSSR count). The Morgan fingerprint density at radius 3 is 2.19 bits per heavy atom. The number of aromatic nitrogens is 1. The fourth-order valence-electron chi connectivity index (χ4n) is 2.20. The summed E-state index contributed by atoms with van der Waals surface area (Å²) in [6.45, 7) is 3.83. The van der Waals surface area contributed by atoms with Gasteiger partial charge in [-0.25, -0.2) is 0 Å². The van der Waals surface area contributed by atoms with Gasteiger partial charge in [0.05, 0.1) is 5.56 Å². The molecular weight excluding hydrogens is 277 g/mol. The lowest BCUT2D eigenvalue weighted by atomic mass is 10.0. The van der Waals surface area contributed by atoms with E-state index in [2.05, 4.69) is 10.3 Å². The fourth-order valence-corrected chi connectivity index (χ4v) is 2.20. The highest BCUT2D eigenvalue weighted by Crippen LogP contribution is 2.31. The SMILES string of the molecule is CC(N[C@@H](C)c1ccncc1)c1cccc(C(F)(F)F)c1. The molecule has 2 aromatic rings. The maximum Gasteiger partial charge on any atom is 0.416 e.